The molecule has 0 aliphatic carbocycles. The number of rotatable bonds is 4. The Labute approximate surface area is 121 Å². The second-order valence-corrected chi connectivity index (χ2v) is 6.77. The van der Waals surface area contributed by atoms with E-state index < -0.39 is 0 Å². The van der Waals surface area contributed by atoms with Gasteiger partial charge >= 0.3 is 0 Å². The van der Waals surface area contributed by atoms with E-state index in [1.807, 2.05) is 7.05 Å². The van der Waals surface area contributed by atoms with E-state index in [-0.39, 0.29) is 6.04 Å². The number of thiophene rings is 1. The zero-order chi connectivity index (χ0) is 12.4. The summed E-state index contributed by atoms with van der Waals surface area (Å²) in [6.45, 7) is 2.98. The monoisotopic (exact) mass is 378 g/mol. The summed E-state index contributed by atoms with van der Waals surface area (Å²) < 4.78 is 3.71. The largest absolute Gasteiger partial charge is 0.305 e. The van der Waals surface area contributed by atoms with E-state index in [1.54, 1.807) is 16.0 Å². The van der Waals surface area contributed by atoms with Crippen LogP contribution in [0.5, 0.6) is 0 Å². The molecular formula is C10H12Br2N4S. The first-order chi connectivity index (χ1) is 8.13. The second-order valence-electron chi connectivity index (χ2n) is 3.52. The number of aryl methyl sites for hydroxylation is 1. The number of aromatic nitrogens is 3. The van der Waals surface area contributed by atoms with Gasteiger partial charge in [0.1, 0.15) is 0 Å². The first kappa shape index (κ1) is 13.2. The molecule has 0 aromatic carbocycles. The number of halogens is 2. The van der Waals surface area contributed by atoms with Crippen LogP contribution in [0, 0.1) is 0 Å². The van der Waals surface area contributed by atoms with Crippen molar-refractivity contribution in [3.8, 4) is 0 Å². The van der Waals surface area contributed by atoms with E-state index in [0.717, 1.165) is 20.6 Å². The third-order valence-electron chi connectivity index (χ3n) is 2.39. The number of nitrogens with zero attached hydrogens (tertiary/aromatic N) is 3. The molecular weight excluding hydrogens is 368 g/mol. The molecule has 0 fully saturated rings. The molecule has 1 unspecified atom stereocenters. The average molecular weight is 380 g/mol. The molecule has 0 saturated carbocycles. The molecule has 2 aromatic heterocycles. The maximum atomic E-state index is 4.03. The number of hydrogen-bond acceptors (Lipinski definition) is 4. The van der Waals surface area contributed by atoms with E-state index in [9.17, 15) is 0 Å². The van der Waals surface area contributed by atoms with E-state index in [0.29, 0.717) is 0 Å². The molecule has 0 radical (unpaired) electrons. The van der Waals surface area contributed by atoms with Crippen molar-refractivity contribution in [2.45, 2.75) is 13.0 Å². The van der Waals surface area contributed by atoms with Crippen LogP contribution in [0.1, 0.15) is 23.5 Å². The Bertz CT molecular complexity index is 489. The minimum atomic E-state index is 0.116. The molecule has 2 aromatic rings. The Balaban J connectivity index is 2.42. The molecule has 7 heteroatoms. The Morgan fingerprint density at radius 3 is 2.71 bits per heavy atom. The van der Waals surface area contributed by atoms with E-state index >= 15 is 0 Å². The van der Waals surface area contributed by atoms with Gasteiger partial charge in [-0.1, -0.05) is 12.1 Å². The Hall–Kier alpha value is -0.240. The van der Waals surface area contributed by atoms with Crippen molar-refractivity contribution in [3.05, 3.63) is 31.1 Å². The smallest absolute Gasteiger partial charge is 0.153 e. The van der Waals surface area contributed by atoms with Crippen LogP contribution in [-0.2, 0) is 7.05 Å². The topological polar surface area (TPSA) is 42.7 Å². The van der Waals surface area contributed by atoms with Crippen LogP contribution in [0.4, 0.5) is 0 Å². The van der Waals surface area contributed by atoms with Crippen molar-refractivity contribution < 1.29 is 0 Å². The standard InChI is InChI=1S/C10H12Br2N4S/c1-3-13-8(6-4-5-7(11)17-6)9-10(12)14-15-16(9)2/h4-5,8,13H,3H2,1-2H3. The van der Waals surface area contributed by atoms with Crippen LogP contribution in [0.2, 0.25) is 0 Å². The normalized spacial score (nSPS) is 12.9. The van der Waals surface area contributed by atoms with Crippen LogP contribution in [0.25, 0.3) is 0 Å². The van der Waals surface area contributed by atoms with Crippen LogP contribution in [0.3, 0.4) is 0 Å². The maximum absolute atomic E-state index is 4.03. The van der Waals surface area contributed by atoms with Crippen LogP contribution >= 0.6 is 43.2 Å². The maximum Gasteiger partial charge on any atom is 0.153 e. The van der Waals surface area contributed by atoms with Gasteiger partial charge in [-0.3, -0.25) is 0 Å². The summed E-state index contributed by atoms with van der Waals surface area (Å²) in [5, 5.41) is 11.5. The van der Waals surface area contributed by atoms with Gasteiger partial charge in [0.2, 0.25) is 0 Å². The number of nitrogens with one attached hydrogen (secondary N) is 1. The lowest BCUT2D eigenvalue weighted by atomic mass is 10.2. The summed E-state index contributed by atoms with van der Waals surface area (Å²) in [6, 6.07) is 4.29. The molecule has 1 N–H and O–H groups in total. The van der Waals surface area contributed by atoms with Crippen molar-refractivity contribution in [2.75, 3.05) is 6.54 Å². The molecule has 92 valence electrons. The highest BCUT2D eigenvalue weighted by Crippen LogP contribution is 2.33. The Morgan fingerprint density at radius 2 is 2.24 bits per heavy atom. The predicted molar refractivity (Wildman–Crippen MR) is 76.2 cm³/mol. The Morgan fingerprint density at radius 1 is 1.47 bits per heavy atom. The molecule has 1 atom stereocenters. The van der Waals surface area contributed by atoms with Gasteiger partial charge in [0, 0.05) is 11.9 Å². The lowest BCUT2D eigenvalue weighted by Gasteiger charge is -2.16. The first-order valence-corrected chi connectivity index (χ1v) is 7.57. The summed E-state index contributed by atoms with van der Waals surface area (Å²) in [6.07, 6.45) is 0. The molecule has 0 aliphatic rings. The van der Waals surface area contributed by atoms with Gasteiger partial charge in [-0.15, -0.1) is 16.4 Å². The van der Waals surface area contributed by atoms with E-state index in [4.69, 9.17) is 0 Å². The van der Waals surface area contributed by atoms with Crippen molar-refractivity contribution in [2.24, 2.45) is 7.05 Å². The van der Waals surface area contributed by atoms with Crippen LogP contribution in [0.15, 0.2) is 20.5 Å². The molecule has 0 amide bonds. The predicted octanol–water partition coefficient (Wildman–Crippen LogP) is 3.10. The quantitative estimate of drug-likeness (QED) is 0.887. The lowest BCUT2D eigenvalue weighted by molar-refractivity contribution is 0.573. The highest BCUT2D eigenvalue weighted by molar-refractivity contribution is 9.11. The van der Waals surface area contributed by atoms with Gasteiger partial charge in [0.15, 0.2) is 4.60 Å². The SMILES string of the molecule is CCNC(c1ccc(Br)s1)c1c(Br)nnn1C. The fourth-order valence-corrected chi connectivity index (χ4v) is 3.72. The van der Waals surface area contributed by atoms with Crippen LogP contribution in [-0.4, -0.2) is 21.5 Å². The van der Waals surface area contributed by atoms with E-state index in [2.05, 4.69) is 66.5 Å². The summed E-state index contributed by atoms with van der Waals surface area (Å²) >= 11 is 8.66. The molecule has 0 bridgehead atoms. The van der Waals surface area contributed by atoms with E-state index in [1.165, 1.54) is 4.88 Å². The third kappa shape index (κ3) is 2.78. The summed E-state index contributed by atoms with van der Waals surface area (Å²) in [4.78, 5) is 1.24. The lowest BCUT2D eigenvalue weighted by Crippen LogP contribution is -2.23. The fourth-order valence-electron chi connectivity index (χ4n) is 1.66. The van der Waals surface area contributed by atoms with Crippen molar-refractivity contribution in [1.29, 1.82) is 0 Å². The van der Waals surface area contributed by atoms with Gasteiger partial charge in [-0.25, -0.2) is 4.68 Å². The molecule has 0 spiro atoms. The molecule has 2 heterocycles. The fraction of sp³-hybridized carbons (Fsp3) is 0.400. The van der Waals surface area contributed by atoms with Gasteiger partial charge in [0.05, 0.1) is 15.5 Å². The Kier molecular flexibility index (Phi) is 4.35. The summed E-state index contributed by atoms with van der Waals surface area (Å²) in [5.74, 6) is 0. The van der Waals surface area contributed by atoms with Crippen molar-refractivity contribution in [3.63, 3.8) is 0 Å². The summed E-state index contributed by atoms with van der Waals surface area (Å²) in [5.41, 5.74) is 1.04. The van der Waals surface area contributed by atoms with Crippen molar-refractivity contribution >= 4 is 43.2 Å². The second kappa shape index (κ2) is 5.60. The highest BCUT2D eigenvalue weighted by atomic mass is 79.9. The van der Waals surface area contributed by atoms with Crippen molar-refractivity contribution in [1.82, 2.24) is 20.3 Å². The first-order valence-electron chi connectivity index (χ1n) is 5.17. The van der Waals surface area contributed by atoms with Gasteiger partial charge in [-0.2, -0.15) is 0 Å². The average Bonchev–Trinajstić information content (AvgIpc) is 2.84. The minimum absolute atomic E-state index is 0.116. The van der Waals surface area contributed by atoms with Gasteiger partial charge in [0.25, 0.3) is 0 Å². The molecule has 0 aliphatic heterocycles. The van der Waals surface area contributed by atoms with Gasteiger partial charge in [-0.05, 0) is 50.5 Å². The molecule has 2 rings (SSSR count). The highest BCUT2D eigenvalue weighted by Gasteiger charge is 2.22. The number of hydrogen-bond donors (Lipinski definition) is 1. The molecule has 4 nitrogen and oxygen atoms in total. The zero-order valence-electron chi connectivity index (χ0n) is 9.44. The zero-order valence-corrected chi connectivity index (χ0v) is 13.4. The van der Waals surface area contributed by atoms with Gasteiger partial charge < -0.3 is 5.32 Å². The third-order valence-corrected chi connectivity index (χ3v) is 4.64. The molecule has 0 saturated heterocycles. The minimum Gasteiger partial charge on any atom is -0.305 e. The molecule has 17 heavy (non-hydrogen) atoms. The van der Waals surface area contributed by atoms with Crippen LogP contribution < -0.4 is 5.32 Å². The summed E-state index contributed by atoms with van der Waals surface area (Å²) in [7, 11) is 1.90.